The number of rotatable bonds is 6. The summed E-state index contributed by atoms with van der Waals surface area (Å²) in [5.74, 6) is 0.549. The smallest absolute Gasteiger partial charge is 0.248 e. The molecule has 2 heterocycles. The van der Waals surface area contributed by atoms with E-state index < -0.39 is 11.6 Å². The van der Waals surface area contributed by atoms with Crippen LogP contribution in [0.3, 0.4) is 0 Å². The van der Waals surface area contributed by atoms with Gasteiger partial charge < -0.3 is 10.5 Å². The van der Waals surface area contributed by atoms with E-state index in [2.05, 4.69) is 9.97 Å². The predicted octanol–water partition coefficient (Wildman–Crippen LogP) is 4.80. The summed E-state index contributed by atoms with van der Waals surface area (Å²) in [6.45, 7) is 4.91. The maximum atomic E-state index is 14.1. The highest BCUT2D eigenvalue weighted by Gasteiger charge is 2.20. The van der Waals surface area contributed by atoms with Crippen molar-refractivity contribution in [2.24, 2.45) is 5.73 Å². The summed E-state index contributed by atoms with van der Waals surface area (Å²) >= 11 is 0. The Balaban J connectivity index is 1.90. The van der Waals surface area contributed by atoms with Crippen LogP contribution < -0.4 is 10.5 Å². The van der Waals surface area contributed by atoms with Gasteiger partial charge in [0.1, 0.15) is 17.2 Å². The zero-order valence-corrected chi connectivity index (χ0v) is 16.1. The van der Waals surface area contributed by atoms with Crippen molar-refractivity contribution in [3.05, 3.63) is 71.7 Å². The first kappa shape index (κ1) is 19.5. The second-order valence-electron chi connectivity index (χ2n) is 6.95. The Kier molecular flexibility index (Phi) is 5.40. The third kappa shape index (κ3) is 4.34. The molecule has 3 rings (SSSR count). The molecule has 0 fully saturated rings. The van der Waals surface area contributed by atoms with Gasteiger partial charge in [0.05, 0.1) is 11.9 Å². The van der Waals surface area contributed by atoms with Gasteiger partial charge in [0.25, 0.3) is 0 Å². The van der Waals surface area contributed by atoms with Crippen molar-refractivity contribution < 1.29 is 13.9 Å². The standard InChI is InChI=1S/C22H22FN3O2/c1-4-14-9-15(5-6-19(14)21(24)27)20-11-17(7-8-26-20)28-18-10-16(12-25-13-18)22(2,3)23/h5-13H,4H2,1-3H3,(H2,24,27). The molecule has 2 N–H and O–H groups in total. The zero-order valence-electron chi connectivity index (χ0n) is 16.1. The Hall–Kier alpha value is -3.28. The van der Waals surface area contributed by atoms with E-state index in [-0.39, 0.29) is 0 Å². The molecule has 3 aromatic rings. The summed E-state index contributed by atoms with van der Waals surface area (Å²) in [5, 5.41) is 0. The van der Waals surface area contributed by atoms with Crippen LogP contribution in [-0.4, -0.2) is 15.9 Å². The number of aromatic nitrogens is 2. The van der Waals surface area contributed by atoms with Crippen LogP contribution in [0.2, 0.25) is 0 Å². The molecule has 1 amide bonds. The number of carbonyl (C=O) groups is 1. The van der Waals surface area contributed by atoms with Crippen LogP contribution in [0.4, 0.5) is 4.39 Å². The van der Waals surface area contributed by atoms with Gasteiger partial charge in [0.15, 0.2) is 0 Å². The molecule has 0 radical (unpaired) electrons. The number of primary amides is 1. The zero-order chi connectivity index (χ0) is 20.3. The maximum Gasteiger partial charge on any atom is 0.248 e. The first-order chi connectivity index (χ1) is 13.3. The Morgan fingerprint density at radius 3 is 2.61 bits per heavy atom. The molecule has 0 atom stereocenters. The number of hydrogen-bond acceptors (Lipinski definition) is 4. The van der Waals surface area contributed by atoms with Gasteiger partial charge in [0.2, 0.25) is 5.91 Å². The average Bonchev–Trinajstić information content (AvgIpc) is 2.67. The quantitative estimate of drug-likeness (QED) is 0.667. The molecule has 28 heavy (non-hydrogen) atoms. The number of aryl methyl sites for hydroxylation is 1. The topological polar surface area (TPSA) is 78.1 Å². The highest BCUT2D eigenvalue weighted by Crippen LogP contribution is 2.30. The molecule has 0 saturated carbocycles. The lowest BCUT2D eigenvalue weighted by Gasteiger charge is -2.15. The molecule has 0 unspecified atom stereocenters. The highest BCUT2D eigenvalue weighted by molar-refractivity contribution is 5.95. The van der Waals surface area contributed by atoms with Crippen LogP contribution in [-0.2, 0) is 12.1 Å². The van der Waals surface area contributed by atoms with E-state index in [0.717, 1.165) is 11.1 Å². The van der Waals surface area contributed by atoms with Crippen molar-refractivity contribution in [3.63, 3.8) is 0 Å². The fourth-order valence-corrected chi connectivity index (χ4v) is 2.85. The summed E-state index contributed by atoms with van der Waals surface area (Å²) in [6, 6.07) is 10.5. The number of amides is 1. The minimum Gasteiger partial charge on any atom is -0.456 e. The van der Waals surface area contributed by atoms with E-state index in [1.54, 1.807) is 36.5 Å². The predicted molar refractivity (Wildman–Crippen MR) is 106 cm³/mol. The lowest BCUT2D eigenvalue weighted by molar-refractivity contribution is 0.0999. The molecule has 6 heteroatoms. The highest BCUT2D eigenvalue weighted by atomic mass is 19.1. The van der Waals surface area contributed by atoms with Crippen molar-refractivity contribution in [2.75, 3.05) is 0 Å². The van der Waals surface area contributed by atoms with E-state index in [1.165, 1.54) is 26.2 Å². The van der Waals surface area contributed by atoms with Crippen molar-refractivity contribution in [1.29, 1.82) is 0 Å². The van der Waals surface area contributed by atoms with Gasteiger partial charge >= 0.3 is 0 Å². The van der Waals surface area contributed by atoms with Crippen LogP contribution in [0.1, 0.15) is 42.3 Å². The summed E-state index contributed by atoms with van der Waals surface area (Å²) in [7, 11) is 0. The molecule has 144 valence electrons. The molecular weight excluding hydrogens is 357 g/mol. The SMILES string of the molecule is CCc1cc(-c2cc(Oc3cncc(C(C)(C)F)c3)ccn2)ccc1C(N)=O. The van der Waals surface area contributed by atoms with Gasteiger partial charge in [-0.1, -0.05) is 13.0 Å². The molecule has 0 aliphatic carbocycles. The molecular formula is C22H22FN3O2. The van der Waals surface area contributed by atoms with Crippen molar-refractivity contribution in [1.82, 2.24) is 9.97 Å². The largest absolute Gasteiger partial charge is 0.456 e. The van der Waals surface area contributed by atoms with E-state index >= 15 is 0 Å². The number of carbonyl (C=O) groups excluding carboxylic acids is 1. The van der Waals surface area contributed by atoms with Crippen LogP contribution in [0, 0.1) is 0 Å². The van der Waals surface area contributed by atoms with E-state index in [9.17, 15) is 9.18 Å². The third-order valence-electron chi connectivity index (χ3n) is 4.41. The number of alkyl halides is 1. The third-order valence-corrected chi connectivity index (χ3v) is 4.41. The molecule has 5 nitrogen and oxygen atoms in total. The molecule has 0 aliphatic heterocycles. The van der Waals surface area contributed by atoms with Gasteiger partial charge in [-0.05, 0) is 50.1 Å². The molecule has 0 aliphatic rings. The Morgan fingerprint density at radius 1 is 1.14 bits per heavy atom. The number of benzene rings is 1. The van der Waals surface area contributed by atoms with E-state index in [1.807, 2.05) is 13.0 Å². The van der Waals surface area contributed by atoms with Crippen molar-refractivity contribution in [3.8, 4) is 22.8 Å². The number of halogens is 1. The van der Waals surface area contributed by atoms with Crippen molar-refractivity contribution >= 4 is 5.91 Å². The summed E-state index contributed by atoms with van der Waals surface area (Å²) < 4.78 is 20.0. The summed E-state index contributed by atoms with van der Waals surface area (Å²) in [4.78, 5) is 20.0. The van der Waals surface area contributed by atoms with Crippen molar-refractivity contribution in [2.45, 2.75) is 32.9 Å². The van der Waals surface area contributed by atoms with E-state index in [0.29, 0.717) is 34.7 Å². The molecule has 0 bridgehead atoms. The second kappa shape index (κ2) is 7.76. The molecule has 0 saturated heterocycles. The molecule has 0 spiro atoms. The first-order valence-electron chi connectivity index (χ1n) is 8.99. The Labute approximate surface area is 163 Å². The van der Waals surface area contributed by atoms with E-state index in [4.69, 9.17) is 10.5 Å². The van der Waals surface area contributed by atoms with Crippen LogP contribution in [0.15, 0.2) is 55.0 Å². The molecule has 2 aromatic heterocycles. The summed E-state index contributed by atoms with van der Waals surface area (Å²) in [6.07, 6.45) is 5.33. The number of ether oxygens (including phenoxy) is 1. The normalized spacial score (nSPS) is 11.3. The monoisotopic (exact) mass is 379 g/mol. The fourth-order valence-electron chi connectivity index (χ4n) is 2.85. The van der Waals surface area contributed by atoms with Crippen LogP contribution in [0.25, 0.3) is 11.3 Å². The van der Waals surface area contributed by atoms with Gasteiger partial charge in [0, 0.05) is 35.2 Å². The maximum absolute atomic E-state index is 14.1. The second-order valence-corrected chi connectivity index (χ2v) is 6.95. The number of hydrogen-bond donors (Lipinski definition) is 1. The Morgan fingerprint density at radius 2 is 1.93 bits per heavy atom. The Bertz CT molecular complexity index is 1010. The van der Waals surface area contributed by atoms with Crippen LogP contribution in [0.5, 0.6) is 11.5 Å². The number of nitrogens with two attached hydrogens (primary N) is 1. The fraction of sp³-hybridized carbons (Fsp3) is 0.227. The van der Waals surface area contributed by atoms with Gasteiger partial charge in [-0.15, -0.1) is 0 Å². The molecule has 1 aromatic carbocycles. The number of nitrogens with zero attached hydrogens (tertiary/aromatic N) is 2. The lowest BCUT2D eigenvalue weighted by atomic mass is 9.99. The van der Waals surface area contributed by atoms with Crippen LogP contribution >= 0.6 is 0 Å². The average molecular weight is 379 g/mol. The lowest BCUT2D eigenvalue weighted by Crippen LogP contribution is -2.13. The van der Waals surface area contributed by atoms with Gasteiger partial charge in [-0.25, -0.2) is 4.39 Å². The minimum absolute atomic E-state index is 0.439. The summed E-state index contributed by atoms with van der Waals surface area (Å²) in [5.41, 5.74) is 7.27. The van der Waals surface area contributed by atoms with Gasteiger partial charge in [-0.2, -0.15) is 0 Å². The minimum atomic E-state index is -1.51. The van der Waals surface area contributed by atoms with Gasteiger partial charge in [-0.3, -0.25) is 14.8 Å². The number of pyridine rings is 2. The first-order valence-corrected chi connectivity index (χ1v) is 8.99.